The van der Waals surface area contributed by atoms with Gasteiger partial charge < -0.3 is 5.32 Å². The van der Waals surface area contributed by atoms with E-state index < -0.39 is 0 Å². The molecule has 0 aromatic heterocycles. The van der Waals surface area contributed by atoms with Crippen molar-refractivity contribution in [2.45, 2.75) is 53.4 Å². The summed E-state index contributed by atoms with van der Waals surface area (Å²) < 4.78 is 0. The van der Waals surface area contributed by atoms with E-state index in [9.17, 15) is 0 Å². The monoisotopic (exact) mass is 271 g/mol. The van der Waals surface area contributed by atoms with E-state index in [0.717, 1.165) is 18.4 Å². The van der Waals surface area contributed by atoms with E-state index in [1.165, 1.54) is 48.9 Å². The van der Waals surface area contributed by atoms with E-state index in [4.69, 9.17) is 0 Å². The zero-order valence-corrected chi connectivity index (χ0v) is 13.6. The van der Waals surface area contributed by atoms with E-state index in [0.29, 0.717) is 5.41 Å². The summed E-state index contributed by atoms with van der Waals surface area (Å²) in [6, 6.07) is 4.72. The molecule has 2 fully saturated rings. The smallest absolute Gasteiger partial charge is 0.00111 e. The van der Waals surface area contributed by atoms with Crippen LogP contribution in [0.25, 0.3) is 0 Å². The molecule has 20 heavy (non-hydrogen) atoms. The molecule has 3 rings (SSSR count). The van der Waals surface area contributed by atoms with Crippen LogP contribution in [0.4, 0.5) is 0 Å². The van der Waals surface area contributed by atoms with Crippen molar-refractivity contribution in [1.29, 1.82) is 0 Å². The largest absolute Gasteiger partial charge is 0.316 e. The highest BCUT2D eigenvalue weighted by molar-refractivity contribution is 5.38. The van der Waals surface area contributed by atoms with Crippen LogP contribution in [0.15, 0.2) is 12.1 Å². The minimum Gasteiger partial charge on any atom is -0.316 e. The molecule has 1 heteroatoms. The van der Waals surface area contributed by atoms with Gasteiger partial charge in [-0.15, -0.1) is 0 Å². The van der Waals surface area contributed by atoms with Gasteiger partial charge in [-0.1, -0.05) is 24.6 Å². The number of aryl methyl sites for hydroxylation is 3. The summed E-state index contributed by atoms with van der Waals surface area (Å²) >= 11 is 0. The first-order chi connectivity index (χ1) is 9.53. The Kier molecular flexibility index (Phi) is 3.66. The molecule has 0 aliphatic heterocycles. The van der Waals surface area contributed by atoms with Gasteiger partial charge in [0.2, 0.25) is 0 Å². The lowest BCUT2D eigenvalue weighted by molar-refractivity contribution is 0.249. The number of hydrogen-bond donors (Lipinski definition) is 1. The van der Waals surface area contributed by atoms with Crippen LogP contribution in [-0.4, -0.2) is 13.1 Å². The van der Waals surface area contributed by atoms with Gasteiger partial charge in [-0.2, -0.15) is 0 Å². The Balaban J connectivity index is 1.83. The fourth-order valence-corrected chi connectivity index (χ4v) is 4.61. The molecule has 1 nitrogen and oxygen atoms in total. The average molecular weight is 271 g/mol. The Labute approximate surface area is 124 Å². The predicted molar refractivity (Wildman–Crippen MR) is 86.2 cm³/mol. The van der Waals surface area contributed by atoms with Crippen molar-refractivity contribution in [2.24, 2.45) is 17.3 Å². The van der Waals surface area contributed by atoms with Crippen molar-refractivity contribution in [3.05, 3.63) is 34.4 Å². The fraction of sp³-hybridized carbons (Fsp3) is 0.684. The number of rotatable bonds is 5. The summed E-state index contributed by atoms with van der Waals surface area (Å²) in [7, 11) is 0. The highest BCUT2D eigenvalue weighted by atomic mass is 14.9. The van der Waals surface area contributed by atoms with Gasteiger partial charge in [0.25, 0.3) is 0 Å². The van der Waals surface area contributed by atoms with Crippen LogP contribution in [0.5, 0.6) is 0 Å². The molecule has 0 amide bonds. The summed E-state index contributed by atoms with van der Waals surface area (Å²) in [4.78, 5) is 0. The van der Waals surface area contributed by atoms with Gasteiger partial charge in [-0.25, -0.2) is 0 Å². The van der Waals surface area contributed by atoms with E-state index in [-0.39, 0.29) is 0 Å². The van der Waals surface area contributed by atoms with E-state index in [2.05, 4.69) is 45.1 Å². The molecule has 1 aromatic carbocycles. The fourth-order valence-electron chi connectivity index (χ4n) is 4.61. The zero-order chi connectivity index (χ0) is 14.3. The van der Waals surface area contributed by atoms with Crippen LogP contribution in [0.1, 0.15) is 48.4 Å². The van der Waals surface area contributed by atoms with E-state index >= 15 is 0 Å². The van der Waals surface area contributed by atoms with Crippen LogP contribution in [0.2, 0.25) is 0 Å². The number of fused-ring (bicyclic) bond motifs is 1. The van der Waals surface area contributed by atoms with Crippen LogP contribution in [0, 0.1) is 38.0 Å². The molecular formula is C19H29N. The van der Waals surface area contributed by atoms with Gasteiger partial charge in [0.05, 0.1) is 0 Å². The summed E-state index contributed by atoms with van der Waals surface area (Å²) in [6.45, 7) is 11.3. The molecule has 2 aliphatic carbocycles. The normalized spacial score (nSPS) is 31.4. The molecule has 0 saturated heterocycles. The maximum absolute atomic E-state index is 3.64. The third kappa shape index (κ3) is 2.65. The molecule has 0 radical (unpaired) electrons. The lowest BCUT2D eigenvalue weighted by Gasteiger charge is -2.33. The first kappa shape index (κ1) is 14.1. The Bertz CT molecular complexity index is 469. The van der Waals surface area contributed by atoms with Gasteiger partial charge in [0.1, 0.15) is 0 Å². The minimum atomic E-state index is 0.536. The summed E-state index contributed by atoms with van der Waals surface area (Å²) in [5.41, 5.74) is 6.56. The van der Waals surface area contributed by atoms with Crippen LogP contribution in [-0.2, 0) is 6.42 Å². The van der Waals surface area contributed by atoms with Gasteiger partial charge in [0, 0.05) is 6.54 Å². The number of benzene rings is 1. The van der Waals surface area contributed by atoms with Gasteiger partial charge in [-0.3, -0.25) is 0 Å². The van der Waals surface area contributed by atoms with Crippen molar-refractivity contribution in [3.8, 4) is 0 Å². The molecular weight excluding hydrogens is 242 g/mol. The molecule has 2 aliphatic rings. The quantitative estimate of drug-likeness (QED) is 0.847. The van der Waals surface area contributed by atoms with Crippen LogP contribution < -0.4 is 5.32 Å². The molecule has 0 heterocycles. The molecule has 1 aromatic rings. The second-order valence-electron chi connectivity index (χ2n) is 7.50. The SMILES string of the molecule is CCNCC1(Cc2c(C)cc(C)cc2C)CC2CC2C1. The lowest BCUT2D eigenvalue weighted by Crippen LogP contribution is -2.35. The van der Waals surface area contributed by atoms with Crippen LogP contribution >= 0.6 is 0 Å². The van der Waals surface area contributed by atoms with Gasteiger partial charge >= 0.3 is 0 Å². The summed E-state index contributed by atoms with van der Waals surface area (Å²) in [5, 5.41) is 3.64. The number of hydrogen-bond acceptors (Lipinski definition) is 1. The molecule has 2 atom stereocenters. The number of nitrogens with one attached hydrogen (secondary N) is 1. The van der Waals surface area contributed by atoms with Crippen molar-refractivity contribution < 1.29 is 0 Å². The second-order valence-corrected chi connectivity index (χ2v) is 7.50. The first-order valence-electron chi connectivity index (χ1n) is 8.30. The van der Waals surface area contributed by atoms with Crippen molar-refractivity contribution in [2.75, 3.05) is 13.1 Å². The lowest BCUT2D eigenvalue weighted by atomic mass is 9.75. The Morgan fingerprint density at radius 3 is 2.25 bits per heavy atom. The molecule has 110 valence electrons. The standard InChI is InChI=1S/C19H29N/c1-5-20-12-19(9-16-8-17(16)10-19)11-18-14(3)6-13(2)7-15(18)4/h6-7,16-17,20H,5,8-12H2,1-4H3. The highest BCUT2D eigenvalue weighted by Crippen LogP contribution is 2.60. The molecule has 1 N–H and O–H groups in total. The van der Waals surface area contributed by atoms with Gasteiger partial charge in [-0.05, 0) is 86.9 Å². The highest BCUT2D eigenvalue weighted by Gasteiger charge is 2.53. The summed E-state index contributed by atoms with van der Waals surface area (Å²) in [6.07, 6.45) is 5.71. The third-order valence-electron chi connectivity index (χ3n) is 5.60. The molecule has 0 spiro atoms. The molecule has 0 bridgehead atoms. The summed E-state index contributed by atoms with van der Waals surface area (Å²) in [5.74, 6) is 2.11. The van der Waals surface area contributed by atoms with E-state index in [1.807, 2.05) is 0 Å². The van der Waals surface area contributed by atoms with Crippen molar-refractivity contribution >= 4 is 0 Å². The second kappa shape index (κ2) is 5.18. The third-order valence-corrected chi connectivity index (χ3v) is 5.60. The Hall–Kier alpha value is -0.820. The molecule has 2 saturated carbocycles. The topological polar surface area (TPSA) is 12.0 Å². The zero-order valence-electron chi connectivity index (χ0n) is 13.6. The Morgan fingerprint density at radius 2 is 1.70 bits per heavy atom. The minimum absolute atomic E-state index is 0.536. The van der Waals surface area contributed by atoms with Crippen molar-refractivity contribution in [3.63, 3.8) is 0 Å². The van der Waals surface area contributed by atoms with Gasteiger partial charge in [0.15, 0.2) is 0 Å². The predicted octanol–water partition coefficient (Wildman–Crippen LogP) is 4.18. The van der Waals surface area contributed by atoms with Crippen molar-refractivity contribution in [1.82, 2.24) is 5.32 Å². The Morgan fingerprint density at radius 1 is 1.10 bits per heavy atom. The van der Waals surface area contributed by atoms with Crippen LogP contribution in [0.3, 0.4) is 0 Å². The van der Waals surface area contributed by atoms with E-state index in [1.54, 1.807) is 5.56 Å². The molecule has 2 unspecified atom stereocenters. The maximum Gasteiger partial charge on any atom is 0.00111 e. The maximum atomic E-state index is 3.64. The first-order valence-corrected chi connectivity index (χ1v) is 8.30. The average Bonchev–Trinajstić information content (AvgIpc) is 3.00.